The number of likely N-dealkylation sites (tertiary alicyclic amines) is 1. The molecule has 3 N–H and O–H groups in total. The quantitative estimate of drug-likeness (QED) is 0.693. The molecule has 1 aliphatic heterocycles. The van der Waals surface area contributed by atoms with Gasteiger partial charge in [0.25, 0.3) is 0 Å². The van der Waals surface area contributed by atoms with Crippen LogP contribution in [0.2, 0.25) is 0 Å². The van der Waals surface area contributed by atoms with E-state index in [2.05, 4.69) is 47.7 Å². The predicted molar refractivity (Wildman–Crippen MR) is 117 cm³/mol. The molecule has 2 aromatic rings. The van der Waals surface area contributed by atoms with Crippen molar-refractivity contribution in [1.82, 2.24) is 4.90 Å². The summed E-state index contributed by atoms with van der Waals surface area (Å²) >= 11 is 1.93. The fourth-order valence-electron chi connectivity index (χ4n) is 3.90. The molecule has 0 bridgehead atoms. The number of aryl methyl sites for hydroxylation is 2. The summed E-state index contributed by atoms with van der Waals surface area (Å²) in [6.45, 7) is 2.39. The number of hydrogen-bond donors (Lipinski definition) is 3. The minimum absolute atomic E-state index is 0.755. The number of piperidine rings is 1. The van der Waals surface area contributed by atoms with Crippen molar-refractivity contribution < 1.29 is 24.9 Å². The van der Waals surface area contributed by atoms with E-state index in [1.807, 2.05) is 11.3 Å². The lowest BCUT2D eigenvalue weighted by molar-refractivity contribution is -0.152. The summed E-state index contributed by atoms with van der Waals surface area (Å²) in [6, 6.07) is 11.4. The van der Waals surface area contributed by atoms with E-state index in [1.165, 1.54) is 55.5 Å². The van der Waals surface area contributed by atoms with E-state index in [9.17, 15) is 9.59 Å². The maximum absolute atomic E-state index is 9.72. The molecule has 160 valence electrons. The van der Waals surface area contributed by atoms with Gasteiger partial charge < -0.3 is 20.2 Å². The van der Waals surface area contributed by atoms with Crippen LogP contribution in [0.5, 0.6) is 0 Å². The Kier molecular flexibility index (Phi) is 7.42. The SMILES string of the molecule is CN1CCC(=C2c3ccccc3CCc3sccc32)CC1.O=C(O)C[C@@H](O)C(=O)O. The Morgan fingerprint density at radius 1 is 1.03 bits per heavy atom. The minimum Gasteiger partial charge on any atom is -0.481 e. The van der Waals surface area contributed by atoms with Gasteiger partial charge in [0.05, 0.1) is 6.42 Å². The molecule has 0 radical (unpaired) electrons. The number of aliphatic hydroxyl groups is 1. The van der Waals surface area contributed by atoms with E-state index in [4.69, 9.17) is 15.3 Å². The molecule has 1 aromatic heterocycles. The van der Waals surface area contributed by atoms with Gasteiger partial charge in [-0.3, -0.25) is 4.79 Å². The van der Waals surface area contributed by atoms with Crippen LogP contribution in [0, 0.1) is 0 Å². The van der Waals surface area contributed by atoms with Crippen molar-refractivity contribution in [3.8, 4) is 0 Å². The normalized spacial score (nSPS) is 17.1. The zero-order valence-electron chi connectivity index (χ0n) is 17.0. The molecular weight excluding hydrogens is 402 g/mol. The highest BCUT2D eigenvalue weighted by Gasteiger charge is 2.23. The molecule has 6 nitrogen and oxygen atoms in total. The Morgan fingerprint density at radius 3 is 2.37 bits per heavy atom. The Bertz CT molecular complexity index is 939. The molecule has 7 heteroatoms. The summed E-state index contributed by atoms with van der Waals surface area (Å²) in [6.07, 6.45) is 2.27. The van der Waals surface area contributed by atoms with Gasteiger partial charge in [0.1, 0.15) is 0 Å². The van der Waals surface area contributed by atoms with E-state index in [0.717, 1.165) is 0 Å². The third kappa shape index (κ3) is 5.36. The monoisotopic (exact) mass is 429 g/mol. The molecule has 1 aromatic carbocycles. The van der Waals surface area contributed by atoms with Gasteiger partial charge >= 0.3 is 11.9 Å². The second kappa shape index (κ2) is 10.0. The van der Waals surface area contributed by atoms with E-state index in [-0.39, 0.29) is 0 Å². The number of thiophene rings is 1. The molecule has 2 aliphatic rings. The van der Waals surface area contributed by atoms with Crippen LogP contribution in [-0.4, -0.2) is 58.4 Å². The first-order chi connectivity index (χ1) is 14.4. The average Bonchev–Trinajstić information content (AvgIpc) is 3.11. The highest BCUT2D eigenvalue weighted by Crippen LogP contribution is 2.40. The van der Waals surface area contributed by atoms with Crippen LogP contribution in [0.4, 0.5) is 0 Å². The number of rotatable bonds is 3. The van der Waals surface area contributed by atoms with Crippen LogP contribution >= 0.6 is 11.3 Å². The molecule has 1 atom stereocenters. The molecular formula is C23H27NO5S. The first-order valence-electron chi connectivity index (χ1n) is 10.0. The van der Waals surface area contributed by atoms with Crippen molar-refractivity contribution >= 4 is 28.8 Å². The molecule has 30 heavy (non-hydrogen) atoms. The summed E-state index contributed by atoms with van der Waals surface area (Å²) in [7, 11) is 2.23. The van der Waals surface area contributed by atoms with Crippen LogP contribution in [-0.2, 0) is 22.4 Å². The fraction of sp³-hybridized carbons (Fsp3) is 0.391. The highest BCUT2D eigenvalue weighted by molar-refractivity contribution is 7.10. The number of carboxylic acids is 2. The third-order valence-electron chi connectivity index (χ3n) is 5.52. The zero-order chi connectivity index (χ0) is 21.7. The molecule has 0 unspecified atom stereocenters. The summed E-state index contributed by atoms with van der Waals surface area (Å²) in [4.78, 5) is 23.4. The minimum atomic E-state index is -1.79. The molecule has 0 amide bonds. The maximum atomic E-state index is 9.72. The van der Waals surface area contributed by atoms with Crippen LogP contribution in [0.15, 0.2) is 41.3 Å². The molecule has 1 saturated heterocycles. The van der Waals surface area contributed by atoms with Crippen molar-refractivity contribution in [1.29, 1.82) is 0 Å². The van der Waals surface area contributed by atoms with Crippen molar-refractivity contribution in [3.63, 3.8) is 0 Å². The van der Waals surface area contributed by atoms with Gasteiger partial charge in [-0.25, -0.2) is 4.79 Å². The van der Waals surface area contributed by atoms with Gasteiger partial charge in [-0.15, -0.1) is 11.3 Å². The van der Waals surface area contributed by atoms with Crippen LogP contribution in [0.25, 0.3) is 5.57 Å². The average molecular weight is 430 g/mol. The number of benzene rings is 1. The lowest BCUT2D eigenvalue weighted by atomic mass is 9.88. The molecule has 0 saturated carbocycles. The van der Waals surface area contributed by atoms with E-state index >= 15 is 0 Å². The van der Waals surface area contributed by atoms with Crippen LogP contribution < -0.4 is 0 Å². The highest BCUT2D eigenvalue weighted by atomic mass is 32.1. The number of hydrogen-bond acceptors (Lipinski definition) is 5. The number of aliphatic hydroxyl groups excluding tert-OH is 1. The van der Waals surface area contributed by atoms with Gasteiger partial charge in [-0.1, -0.05) is 29.8 Å². The van der Waals surface area contributed by atoms with Crippen molar-refractivity contribution in [3.05, 3.63) is 62.9 Å². The third-order valence-corrected chi connectivity index (χ3v) is 6.50. The molecule has 1 fully saturated rings. The predicted octanol–water partition coefficient (Wildman–Crippen LogP) is 3.28. The Hall–Kier alpha value is -2.48. The topological polar surface area (TPSA) is 98.1 Å². The number of fused-ring (bicyclic) bond motifs is 2. The largest absolute Gasteiger partial charge is 0.481 e. The van der Waals surface area contributed by atoms with E-state index in [0.29, 0.717) is 0 Å². The van der Waals surface area contributed by atoms with Gasteiger partial charge in [0.15, 0.2) is 6.10 Å². The Labute approximate surface area is 180 Å². The smallest absolute Gasteiger partial charge is 0.333 e. The Morgan fingerprint density at radius 2 is 1.73 bits per heavy atom. The molecule has 1 aliphatic carbocycles. The Balaban J connectivity index is 0.000000244. The van der Waals surface area contributed by atoms with Gasteiger partial charge in [-0.05, 0) is 66.4 Å². The van der Waals surface area contributed by atoms with E-state index in [1.54, 1.807) is 16.0 Å². The maximum Gasteiger partial charge on any atom is 0.333 e. The summed E-state index contributed by atoms with van der Waals surface area (Å²) < 4.78 is 0. The first kappa shape index (κ1) is 22.2. The van der Waals surface area contributed by atoms with Crippen molar-refractivity contribution in [2.24, 2.45) is 0 Å². The van der Waals surface area contributed by atoms with Crippen molar-refractivity contribution in [2.45, 2.75) is 38.2 Å². The molecule has 0 spiro atoms. The van der Waals surface area contributed by atoms with Crippen molar-refractivity contribution in [2.75, 3.05) is 20.1 Å². The summed E-state index contributed by atoms with van der Waals surface area (Å²) in [5, 5.41) is 26.4. The lowest BCUT2D eigenvalue weighted by Crippen LogP contribution is -2.27. The fourth-order valence-corrected chi connectivity index (χ4v) is 4.79. The number of nitrogens with zero attached hydrogens (tertiary/aromatic N) is 1. The second-order valence-electron chi connectivity index (χ2n) is 7.65. The number of carboxylic acid groups (broad SMARTS) is 2. The standard InChI is InChI=1S/C19H21NS.C4H6O5/c1-20-11-8-15(9-12-20)19-16-5-3-2-4-14(16)6-7-18-17(19)10-13-21-18;5-2(4(8)9)1-3(6)7/h2-5,10,13H,6-9,11-12H2,1H3;2,5H,1H2,(H,6,7)(H,8,9)/t;2-/m.1/s1. The van der Waals surface area contributed by atoms with E-state index < -0.39 is 24.5 Å². The van der Waals surface area contributed by atoms with Gasteiger partial charge in [0.2, 0.25) is 0 Å². The molecule has 2 heterocycles. The molecule has 4 rings (SSSR count). The van der Waals surface area contributed by atoms with Crippen LogP contribution in [0.1, 0.15) is 40.8 Å². The van der Waals surface area contributed by atoms with Gasteiger partial charge in [-0.2, -0.15) is 0 Å². The van der Waals surface area contributed by atoms with Crippen LogP contribution in [0.3, 0.4) is 0 Å². The number of carbonyl (C=O) groups is 2. The zero-order valence-corrected chi connectivity index (χ0v) is 17.8. The summed E-state index contributed by atoms with van der Waals surface area (Å²) in [5.74, 6) is -2.85. The first-order valence-corrected chi connectivity index (χ1v) is 10.9. The van der Waals surface area contributed by atoms with Gasteiger partial charge in [0, 0.05) is 18.0 Å². The number of aliphatic carboxylic acids is 2. The lowest BCUT2D eigenvalue weighted by Gasteiger charge is -2.27. The second-order valence-corrected chi connectivity index (χ2v) is 8.65. The summed E-state index contributed by atoms with van der Waals surface area (Å²) in [5.41, 5.74) is 7.77.